The Morgan fingerprint density at radius 1 is 1.17 bits per heavy atom. The first-order valence-electron chi connectivity index (χ1n) is 2.82. The van der Waals surface area contributed by atoms with Gasteiger partial charge in [0.25, 0.3) is 6.43 Å². The average Bonchev–Trinajstić information content (AvgIpc) is 1.96. The van der Waals surface area contributed by atoms with Crippen LogP contribution in [0.25, 0.3) is 0 Å². The number of pyridine rings is 1. The highest BCUT2D eigenvalue weighted by Gasteiger charge is 2.15. The molecule has 0 aromatic carbocycles. The van der Waals surface area contributed by atoms with E-state index in [1.54, 1.807) is 0 Å². The molecule has 1 heterocycles. The van der Waals surface area contributed by atoms with Gasteiger partial charge in [-0.25, -0.2) is 13.8 Å². The molecule has 1 aromatic heterocycles. The summed E-state index contributed by atoms with van der Waals surface area (Å²) in [5.41, 5.74) is -0.411. The molecule has 0 unspecified atom stereocenters. The highest BCUT2D eigenvalue weighted by molar-refractivity contribution is 6.42. The van der Waals surface area contributed by atoms with Gasteiger partial charge in [0.2, 0.25) is 0 Å². The summed E-state index contributed by atoms with van der Waals surface area (Å²) in [6.45, 7) is 0. The Balaban J connectivity index is 3.23. The van der Waals surface area contributed by atoms with Crippen LogP contribution in [0.5, 0.6) is 0 Å². The van der Waals surface area contributed by atoms with Crippen molar-refractivity contribution in [3.63, 3.8) is 0 Å². The molecule has 0 saturated heterocycles. The molecule has 1 aromatic rings. The summed E-state index contributed by atoms with van der Waals surface area (Å²) >= 11 is 16.2. The predicted octanol–water partition coefficient (Wildman–Crippen LogP) is 3.98. The maximum absolute atomic E-state index is 12.1. The fraction of sp³-hybridized carbons (Fsp3) is 0.167. The smallest absolute Gasteiger partial charge is 0.222 e. The molecule has 12 heavy (non-hydrogen) atoms. The van der Waals surface area contributed by atoms with Gasteiger partial charge in [-0.3, -0.25) is 0 Å². The molecule has 0 atom stereocenters. The van der Waals surface area contributed by atoms with Crippen molar-refractivity contribution in [1.29, 1.82) is 0 Å². The van der Waals surface area contributed by atoms with Crippen molar-refractivity contribution in [3.8, 4) is 0 Å². The first kappa shape index (κ1) is 9.96. The molecule has 0 amide bonds. The van der Waals surface area contributed by atoms with Crippen LogP contribution in [-0.4, -0.2) is 4.98 Å². The monoisotopic (exact) mass is 231 g/mol. The second kappa shape index (κ2) is 3.73. The predicted molar refractivity (Wildman–Crippen MR) is 44.2 cm³/mol. The standard InChI is InChI=1S/C6H2Cl3F2N/c7-3-1-2(6(10)11)4(8)12-5(3)9/h1,6H. The van der Waals surface area contributed by atoms with E-state index < -0.39 is 12.0 Å². The Hall–Kier alpha value is -0.120. The van der Waals surface area contributed by atoms with Gasteiger partial charge >= 0.3 is 0 Å². The van der Waals surface area contributed by atoms with Gasteiger partial charge in [-0.2, -0.15) is 0 Å². The molecule has 6 heteroatoms. The summed E-state index contributed by atoms with van der Waals surface area (Å²) in [7, 11) is 0. The van der Waals surface area contributed by atoms with Gasteiger partial charge in [0, 0.05) is 0 Å². The molecule has 1 rings (SSSR count). The molecule has 0 aliphatic carbocycles. The Kier molecular flexibility index (Phi) is 3.09. The molecule has 0 radical (unpaired) electrons. The van der Waals surface area contributed by atoms with Crippen molar-refractivity contribution in [1.82, 2.24) is 4.98 Å². The van der Waals surface area contributed by atoms with Gasteiger partial charge < -0.3 is 0 Å². The van der Waals surface area contributed by atoms with Gasteiger partial charge in [0.05, 0.1) is 10.6 Å². The van der Waals surface area contributed by atoms with Crippen LogP contribution >= 0.6 is 34.8 Å². The fourth-order valence-corrected chi connectivity index (χ4v) is 1.18. The van der Waals surface area contributed by atoms with Crippen molar-refractivity contribution < 1.29 is 8.78 Å². The first-order chi connectivity index (χ1) is 5.52. The van der Waals surface area contributed by atoms with Gasteiger partial charge in [0.15, 0.2) is 0 Å². The summed E-state index contributed by atoms with van der Waals surface area (Å²) in [5, 5.41) is -0.429. The van der Waals surface area contributed by atoms with Gasteiger partial charge in [-0.05, 0) is 6.07 Å². The van der Waals surface area contributed by atoms with Crippen molar-refractivity contribution in [3.05, 3.63) is 27.0 Å². The van der Waals surface area contributed by atoms with E-state index in [2.05, 4.69) is 4.98 Å². The summed E-state index contributed by atoms with van der Waals surface area (Å²) in [5.74, 6) is 0. The zero-order valence-corrected chi connectivity index (χ0v) is 7.76. The molecule has 0 fully saturated rings. The molecule has 0 saturated carbocycles. The largest absolute Gasteiger partial charge is 0.266 e. The molecular formula is C6H2Cl3F2N. The first-order valence-corrected chi connectivity index (χ1v) is 3.95. The van der Waals surface area contributed by atoms with E-state index in [0.717, 1.165) is 6.07 Å². The maximum Gasteiger partial charge on any atom is 0.266 e. The Bertz CT molecular complexity index is 303. The molecule has 0 bridgehead atoms. The van der Waals surface area contributed by atoms with Crippen molar-refractivity contribution >= 4 is 34.8 Å². The topological polar surface area (TPSA) is 12.9 Å². The zero-order chi connectivity index (χ0) is 9.30. The van der Waals surface area contributed by atoms with E-state index in [4.69, 9.17) is 34.8 Å². The minimum Gasteiger partial charge on any atom is -0.222 e. The summed E-state index contributed by atoms with van der Waals surface area (Å²) in [6, 6.07) is 1.00. The van der Waals surface area contributed by atoms with Crippen LogP contribution in [-0.2, 0) is 0 Å². The van der Waals surface area contributed by atoms with Gasteiger partial charge in [-0.1, -0.05) is 34.8 Å². The summed E-state index contributed by atoms with van der Waals surface area (Å²) < 4.78 is 24.2. The second-order valence-corrected chi connectivity index (χ2v) is 3.06. The van der Waals surface area contributed by atoms with Gasteiger partial charge in [-0.15, -0.1) is 0 Å². The van der Waals surface area contributed by atoms with Crippen molar-refractivity contribution in [2.24, 2.45) is 0 Å². The highest BCUT2D eigenvalue weighted by atomic mass is 35.5. The minimum absolute atomic E-state index is 0.0311. The molecular weight excluding hydrogens is 230 g/mol. The van der Waals surface area contributed by atoms with E-state index in [-0.39, 0.29) is 15.3 Å². The van der Waals surface area contributed by atoms with Gasteiger partial charge in [0.1, 0.15) is 10.3 Å². The van der Waals surface area contributed by atoms with Crippen LogP contribution in [0.4, 0.5) is 8.78 Å². The number of aromatic nitrogens is 1. The van der Waals surface area contributed by atoms with E-state index in [1.807, 2.05) is 0 Å². The zero-order valence-electron chi connectivity index (χ0n) is 5.49. The summed E-state index contributed by atoms with van der Waals surface area (Å²) in [6.07, 6.45) is -2.69. The number of rotatable bonds is 1. The Labute approximate surface area is 82.3 Å². The van der Waals surface area contributed by atoms with Crippen LogP contribution in [0.1, 0.15) is 12.0 Å². The van der Waals surface area contributed by atoms with Crippen LogP contribution in [0.3, 0.4) is 0 Å². The third kappa shape index (κ3) is 1.97. The molecule has 0 spiro atoms. The van der Waals surface area contributed by atoms with Crippen molar-refractivity contribution in [2.45, 2.75) is 6.43 Å². The lowest BCUT2D eigenvalue weighted by molar-refractivity contribution is 0.151. The van der Waals surface area contributed by atoms with E-state index in [0.29, 0.717) is 0 Å². The number of halogens is 5. The normalized spacial score (nSPS) is 10.8. The Morgan fingerprint density at radius 2 is 1.75 bits per heavy atom. The van der Waals surface area contributed by atoms with Crippen LogP contribution in [0, 0.1) is 0 Å². The maximum atomic E-state index is 12.1. The quantitative estimate of drug-likeness (QED) is 0.667. The molecule has 1 nitrogen and oxygen atoms in total. The molecule has 0 aliphatic heterocycles. The highest BCUT2D eigenvalue weighted by Crippen LogP contribution is 2.31. The SMILES string of the molecule is FC(F)c1cc(Cl)c(Cl)nc1Cl. The average molecular weight is 232 g/mol. The molecule has 66 valence electrons. The third-order valence-corrected chi connectivity index (χ3v) is 2.12. The van der Waals surface area contributed by atoms with Crippen LogP contribution in [0.15, 0.2) is 6.07 Å². The lowest BCUT2D eigenvalue weighted by Crippen LogP contribution is -1.90. The van der Waals surface area contributed by atoms with E-state index >= 15 is 0 Å². The lowest BCUT2D eigenvalue weighted by atomic mass is 10.3. The minimum atomic E-state index is -2.69. The summed E-state index contributed by atoms with van der Waals surface area (Å²) in [4.78, 5) is 3.41. The second-order valence-electron chi connectivity index (χ2n) is 1.94. The number of alkyl halides is 2. The molecule has 0 N–H and O–H groups in total. The van der Waals surface area contributed by atoms with Crippen molar-refractivity contribution in [2.75, 3.05) is 0 Å². The van der Waals surface area contributed by atoms with Crippen LogP contribution < -0.4 is 0 Å². The number of hydrogen-bond donors (Lipinski definition) is 0. The van der Waals surface area contributed by atoms with E-state index in [9.17, 15) is 8.78 Å². The third-order valence-electron chi connectivity index (χ3n) is 1.15. The Morgan fingerprint density at radius 3 is 2.25 bits per heavy atom. The molecule has 0 aliphatic rings. The lowest BCUT2D eigenvalue weighted by Gasteiger charge is -2.03. The fourth-order valence-electron chi connectivity index (χ4n) is 0.613. The van der Waals surface area contributed by atoms with E-state index in [1.165, 1.54) is 0 Å². The number of nitrogens with zero attached hydrogens (tertiary/aromatic N) is 1. The number of hydrogen-bond acceptors (Lipinski definition) is 1. The van der Waals surface area contributed by atoms with Crippen LogP contribution in [0.2, 0.25) is 15.3 Å².